The van der Waals surface area contributed by atoms with Crippen molar-refractivity contribution < 1.29 is 30.3 Å². The molecule has 0 amide bonds. The van der Waals surface area contributed by atoms with Gasteiger partial charge in [0.15, 0.2) is 11.5 Å². The number of aromatic hydroxyl groups is 5. The van der Waals surface area contributed by atoms with E-state index in [1.807, 2.05) is 0 Å². The van der Waals surface area contributed by atoms with Gasteiger partial charge in [0.25, 0.3) is 0 Å². The maximum absolute atomic E-state index is 10.1. The number of rotatable bonds is 1. The van der Waals surface area contributed by atoms with E-state index in [1.165, 1.54) is 25.3 Å². The first-order chi connectivity index (χ1) is 9.93. The summed E-state index contributed by atoms with van der Waals surface area (Å²) in [6.45, 7) is 0. The lowest BCUT2D eigenvalue weighted by atomic mass is 9.97. The summed E-state index contributed by atoms with van der Waals surface area (Å²) < 4.78 is 5.17. The zero-order valence-corrected chi connectivity index (χ0v) is 11.0. The molecule has 0 heterocycles. The van der Waals surface area contributed by atoms with Gasteiger partial charge in [-0.1, -0.05) is 0 Å². The van der Waals surface area contributed by atoms with Gasteiger partial charge < -0.3 is 30.3 Å². The highest BCUT2D eigenvalue weighted by molar-refractivity contribution is 6.18. The summed E-state index contributed by atoms with van der Waals surface area (Å²) in [6.07, 6.45) is 0. The van der Waals surface area contributed by atoms with Crippen LogP contribution in [0.2, 0.25) is 0 Å². The fraction of sp³-hybridized carbons (Fsp3) is 0.0667. The number of ether oxygens (including phenoxy) is 1. The van der Waals surface area contributed by atoms with Crippen LogP contribution >= 0.6 is 0 Å². The second kappa shape index (κ2) is 4.24. The Morgan fingerprint density at radius 1 is 0.714 bits per heavy atom. The topological polar surface area (TPSA) is 110 Å². The Morgan fingerprint density at radius 2 is 1.24 bits per heavy atom. The third kappa shape index (κ3) is 1.73. The number of benzene rings is 3. The minimum Gasteiger partial charge on any atom is -0.508 e. The van der Waals surface area contributed by atoms with Crippen LogP contribution in [0, 0.1) is 0 Å². The van der Waals surface area contributed by atoms with E-state index in [9.17, 15) is 25.5 Å². The highest BCUT2D eigenvalue weighted by Crippen LogP contribution is 2.50. The number of fused-ring (bicyclic) bond motifs is 3. The Bertz CT molecular complexity index is 885. The molecule has 0 bridgehead atoms. The molecule has 0 saturated heterocycles. The minimum absolute atomic E-state index is 0.0708. The maximum Gasteiger partial charge on any atom is 0.166 e. The molecular formula is C15H12O6. The monoisotopic (exact) mass is 288 g/mol. The van der Waals surface area contributed by atoms with Crippen LogP contribution in [0.1, 0.15) is 0 Å². The van der Waals surface area contributed by atoms with Crippen LogP contribution in [0.15, 0.2) is 24.3 Å². The van der Waals surface area contributed by atoms with Gasteiger partial charge in [-0.3, -0.25) is 0 Å². The molecule has 0 aliphatic carbocycles. The van der Waals surface area contributed by atoms with Crippen LogP contribution in [0.5, 0.6) is 34.5 Å². The van der Waals surface area contributed by atoms with E-state index in [0.29, 0.717) is 5.39 Å². The second-order valence-corrected chi connectivity index (χ2v) is 4.66. The van der Waals surface area contributed by atoms with Crippen molar-refractivity contribution in [2.45, 2.75) is 0 Å². The molecule has 108 valence electrons. The van der Waals surface area contributed by atoms with Gasteiger partial charge in [-0.05, 0) is 12.1 Å². The zero-order chi connectivity index (χ0) is 15.3. The van der Waals surface area contributed by atoms with Crippen molar-refractivity contribution in [3.05, 3.63) is 24.3 Å². The third-order valence-corrected chi connectivity index (χ3v) is 3.39. The van der Waals surface area contributed by atoms with E-state index in [-0.39, 0.29) is 39.2 Å². The summed E-state index contributed by atoms with van der Waals surface area (Å²) in [4.78, 5) is 0. The summed E-state index contributed by atoms with van der Waals surface area (Å²) in [6, 6.07) is 4.91. The van der Waals surface area contributed by atoms with Crippen molar-refractivity contribution >= 4 is 21.5 Å². The van der Waals surface area contributed by atoms with Gasteiger partial charge in [0.1, 0.15) is 23.0 Å². The van der Waals surface area contributed by atoms with Gasteiger partial charge >= 0.3 is 0 Å². The SMILES string of the molecule is COc1cc(O)cc2c(O)c(O)c3cc(O)cc(O)c3c12. The van der Waals surface area contributed by atoms with E-state index >= 15 is 0 Å². The molecule has 0 aliphatic heterocycles. The second-order valence-electron chi connectivity index (χ2n) is 4.66. The van der Waals surface area contributed by atoms with Crippen LogP contribution < -0.4 is 4.74 Å². The van der Waals surface area contributed by atoms with Crippen molar-refractivity contribution in [2.75, 3.05) is 7.11 Å². The third-order valence-electron chi connectivity index (χ3n) is 3.39. The molecular weight excluding hydrogens is 276 g/mol. The highest BCUT2D eigenvalue weighted by atomic mass is 16.5. The summed E-state index contributed by atoms with van der Waals surface area (Å²) in [5.41, 5.74) is 0. The lowest BCUT2D eigenvalue weighted by Gasteiger charge is -2.14. The zero-order valence-electron chi connectivity index (χ0n) is 11.0. The number of hydrogen-bond acceptors (Lipinski definition) is 6. The van der Waals surface area contributed by atoms with Gasteiger partial charge in [-0.25, -0.2) is 0 Å². The van der Waals surface area contributed by atoms with E-state index in [2.05, 4.69) is 0 Å². The molecule has 3 aromatic rings. The Balaban J connectivity index is 2.70. The fourth-order valence-electron chi connectivity index (χ4n) is 2.52. The molecule has 0 saturated carbocycles. The first kappa shape index (κ1) is 13.0. The van der Waals surface area contributed by atoms with E-state index in [1.54, 1.807) is 0 Å². The highest BCUT2D eigenvalue weighted by Gasteiger charge is 2.20. The Labute approximate surface area is 118 Å². The Morgan fingerprint density at radius 3 is 1.81 bits per heavy atom. The average molecular weight is 288 g/mol. The van der Waals surface area contributed by atoms with Crippen molar-refractivity contribution in [3.8, 4) is 34.5 Å². The van der Waals surface area contributed by atoms with Crippen molar-refractivity contribution in [3.63, 3.8) is 0 Å². The van der Waals surface area contributed by atoms with E-state index in [4.69, 9.17) is 4.74 Å². The lowest BCUT2D eigenvalue weighted by molar-refractivity contribution is 0.406. The number of hydrogen-bond donors (Lipinski definition) is 5. The van der Waals surface area contributed by atoms with Crippen molar-refractivity contribution in [1.82, 2.24) is 0 Å². The van der Waals surface area contributed by atoms with Gasteiger partial charge in [-0.15, -0.1) is 0 Å². The van der Waals surface area contributed by atoms with Gasteiger partial charge in [0, 0.05) is 33.7 Å². The lowest BCUT2D eigenvalue weighted by Crippen LogP contribution is -1.89. The van der Waals surface area contributed by atoms with Crippen molar-refractivity contribution in [1.29, 1.82) is 0 Å². The number of methoxy groups -OCH3 is 1. The van der Waals surface area contributed by atoms with Crippen LogP contribution in [-0.4, -0.2) is 32.6 Å². The minimum atomic E-state index is -0.503. The van der Waals surface area contributed by atoms with Gasteiger partial charge in [0.2, 0.25) is 0 Å². The van der Waals surface area contributed by atoms with Gasteiger partial charge in [0.05, 0.1) is 7.11 Å². The maximum atomic E-state index is 10.1. The summed E-state index contributed by atoms with van der Waals surface area (Å²) in [7, 11) is 1.38. The largest absolute Gasteiger partial charge is 0.508 e. The number of phenols is 5. The summed E-state index contributed by atoms with van der Waals surface area (Å²) in [5.74, 6) is -1.47. The molecule has 3 aromatic carbocycles. The van der Waals surface area contributed by atoms with E-state index < -0.39 is 11.5 Å². The van der Waals surface area contributed by atoms with Crippen molar-refractivity contribution in [2.24, 2.45) is 0 Å². The molecule has 6 heteroatoms. The Hall–Kier alpha value is -3.02. The molecule has 21 heavy (non-hydrogen) atoms. The molecule has 0 atom stereocenters. The quantitative estimate of drug-likeness (QED) is 0.347. The van der Waals surface area contributed by atoms with E-state index in [0.717, 1.165) is 6.07 Å². The smallest absolute Gasteiger partial charge is 0.166 e. The fourth-order valence-corrected chi connectivity index (χ4v) is 2.52. The van der Waals surface area contributed by atoms with Crippen LogP contribution in [0.4, 0.5) is 0 Å². The van der Waals surface area contributed by atoms with Crippen LogP contribution in [-0.2, 0) is 0 Å². The molecule has 0 spiro atoms. The predicted molar refractivity (Wildman–Crippen MR) is 76.3 cm³/mol. The molecule has 0 unspecified atom stereocenters. The molecule has 6 nitrogen and oxygen atoms in total. The Kier molecular flexibility index (Phi) is 2.62. The van der Waals surface area contributed by atoms with Crippen LogP contribution in [0.25, 0.3) is 21.5 Å². The molecule has 0 aliphatic rings. The average Bonchev–Trinajstić information content (AvgIpc) is 2.43. The standard InChI is InChI=1S/C15H12O6/c1-21-11-5-7(17)3-9-13(11)12-8(14(19)15(9)20)2-6(16)4-10(12)18/h2-5,16-20H,1H3. The molecule has 0 aromatic heterocycles. The normalized spacial score (nSPS) is 11.1. The summed E-state index contributed by atoms with van der Waals surface area (Å²) in [5, 5.41) is 50.2. The molecule has 5 N–H and O–H groups in total. The molecule has 0 fully saturated rings. The molecule has 3 rings (SSSR count). The van der Waals surface area contributed by atoms with Gasteiger partial charge in [-0.2, -0.15) is 0 Å². The number of phenolic OH excluding ortho intramolecular Hbond substituents is 5. The molecule has 0 radical (unpaired) electrons. The predicted octanol–water partition coefficient (Wildman–Crippen LogP) is 2.53. The first-order valence-corrected chi connectivity index (χ1v) is 6.04. The first-order valence-electron chi connectivity index (χ1n) is 6.04. The summed E-state index contributed by atoms with van der Waals surface area (Å²) >= 11 is 0. The van der Waals surface area contributed by atoms with Crippen LogP contribution in [0.3, 0.4) is 0 Å².